The zero-order valence-electron chi connectivity index (χ0n) is 14.8. The third-order valence-electron chi connectivity index (χ3n) is 5.17. The monoisotopic (exact) mass is 360 g/mol. The van der Waals surface area contributed by atoms with Crippen molar-refractivity contribution in [1.82, 2.24) is 25.0 Å². The lowest BCUT2D eigenvalue weighted by Gasteiger charge is -2.16. The van der Waals surface area contributed by atoms with Crippen molar-refractivity contribution in [1.29, 1.82) is 0 Å². The largest absolute Gasteiger partial charge is 0.391 e. The first-order valence-electron chi connectivity index (χ1n) is 9.25. The molecular formula is C20H20N6O. The van der Waals surface area contributed by atoms with E-state index in [4.69, 9.17) is 4.98 Å². The van der Waals surface area contributed by atoms with Crippen LogP contribution in [-0.4, -0.2) is 42.2 Å². The Hall–Kier alpha value is -3.06. The molecule has 7 heteroatoms. The molecule has 1 aliphatic rings. The normalized spacial score (nSPS) is 19.7. The number of hydrogen-bond donors (Lipinski definition) is 2. The Morgan fingerprint density at radius 2 is 2.04 bits per heavy atom. The highest BCUT2D eigenvalue weighted by atomic mass is 16.3. The predicted octanol–water partition coefficient (Wildman–Crippen LogP) is 2.75. The first kappa shape index (κ1) is 16.1. The summed E-state index contributed by atoms with van der Waals surface area (Å²) in [6, 6.07) is 14.1. The number of aliphatic hydroxyl groups excluding tert-OH is 1. The van der Waals surface area contributed by atoms with Crippen LogP contribution in [0.25, 0.3) is 22.1 Å². The summed E-state index contributed by atoms with van der Waals surface area (Å²) >= 11 is 0. The van der Waals surface area contributed by atoms with E-state index in [9.17, 15) is 5.11 Å². The molecule has 1 aromatic carbocycles. The summed E-state index contributed by atoms with van der Waals surface area (Å²) in [7, 11) is 0. The van der Waals surface area contributed by atoms with Crippen LogP contribution in [0.2, 0.25) is 0 Å². The van der Waals surface area contributed by atoms with Crippen LogP contribution in [0.15, 0.2) is 48.7 Å². The Labute approximate surface area is 156 Å². The topological polar surface area (TPSA) is 88.8 Å². The van der Waals surface area contributed by atoms with Gasteiger partial charge < -0.3 is 10.4 Å². The van der Waals surface area contributed by atoms with E-state index >= 15 is 0 Å². The molecule has 0 spiro atoms. The highest BCUT2D eigenvalue weighted by Crippen LogP contribution is 2.23. The van der Waals surface area contributed by atoms with Gasteiger partial charge in [-0.15, -0.1) is 5.10 Å². The Kier molecular flexibility index (Phi) is 3.94. The molecule has 1 aliphatic carbocycles. The first-order chi connectivity index (χ1) is 13.3. The number of hydrogen-bond acceptors (Lipinski definition) is 6. The van der Waals surface area contributed by atoms with Crippen molar-refractivity contribution in [2.75, 3.05) is 5.32 Å². The second-order valence-corrected chi connectivity index (χ2v) is 7.07. The second-order valence-electron chi connectivity index (χ2n) is 7.07. The molecule has 2 N–H and O–H groups in total. The fourth-order valence-electron chi connectivity index (χ4n) is 3.74. The van der Waals surface area contributed by atoms with Gasteiger partial charge in [0.05, 0.1) is 24.2 Å². The number of anilines is 1. The van der Waals surface area contributed by atoms with Crippen molar-refractivity contribution in [3.63, 3.8) is 0 Å². The molecule has 0 aliphatic heterocycles. The Bertz CT molecular complexity index is 1110. The van der Waals surface area contributed by atoms with Gasteiger partial charge in [-0.1, -0.05) is 17.3 Å². The van der Waals surface area contributed by atoms with E-state index in [2.05, 4.69) is 38.8 Å². The maximum Gasteiger partial charge on any atom is 0.180 e. The van der Waals surface area contributed by atoms with Crippen molar-refractivity contribution < 1.29 is 5.11 Å². The number of benzene rings is 1. The van der Waals surface area contributed by atoms with E-state index < -0.39 is 0 Å². The molecule has 0 amide bonds. The molecule has 3 aromatic heterocycles. The van der Waals surface area contributed by atoms with Crippen LogP contribution in [0.1, 0.15) is 24.8 Å². The van der Waals surface area contributed by atoms with E-state index in [-0.39, 0.29) is 12.1 Å². The number of nitrogens with zero attached hydrogens (tertiary/aromatic N) is 5. The van der Waals surface area contributed by atoms with Crippen LogP contribution in [0, 0.1) is 0 Å². The minimum atomic E-state index is -0.309. The Balaban J connectivity index is 1.44. The average molecular weight is 360 g/mol. The van der Waals surface area contributed by atoms with Crippen molar-refractivity contribution in [3.05, 3.63) is 54.2 Å². The van der Waals surface area contributed by atoms with Gasteiger partial charge in [-0.2, -0.15) is 0 Å². The van der Waals surface area contributed by atoms with Gasteiger partial charge in [-0.05, 0) is 55.2 Å². The predicted molar refractivity (Wildman–Crippen MR) is 103 cm³/mol. The lowest BCUT2D eigenvalue weighted by molar-refractivity contribution is 0.171. The summed E-state index contributed by atoms with van der Waals surface area (Å²) in [6.45, 7) is 0.587. The smallest absolute Gasteiger partial charge is 0.180 e. The van der Waals surface area contributed by atoms with Crippen molar-refractivity contribution in [2.24, 2.45) is 0 Å². The summed E-state index contributed by atoms with van der Waals surface area (Å²) in [6.07, 6.45) is 4.33. The number of nitrogens with one attached hydrogen (secondary N) is 1. The quantitative estimate of drug-likeness (QED) is 0.582. The maximum absolute atomic E-state index is 10.0. The number of rotatable bonds is 4. The molecule has 7 nitrogen and oxygen atoms in total. The number of aliphatic hydroxyl groups is 1. The summed E-state index contributed by atoms with van der Waals surface area (Å²) in [5.74, 6) is 0.750. The third kappa shape index (κ3) is 3.10. The van der Waals surface area contributed by atoms with E-state index in [1.54, 1.807) is 6.20 Å². The second kappa shape index (κ2) is 6.59. The SMILES string of the molecule is O[C@H]1CCC[C@H]1Nc1ccc2nnn(Cc3ccc4ncccc4c3)c2n1. The summed E-state index contributed by atoms with van der Waals surface area (Å²) in [5, 5.41) is 23.0. The summed E-state index contributed by atoms with van der Waals surface area (Å²) in [4.78, 5) is 9.05. The van der Waals surface area contributed by atoms with Gasteiger partial charge in [-0.25, -0.2) is 9.67 Å². The molecule has 136 valence electrons. The molecule has 3 heterocycles. The highest BCUT2D eigenvalue weighted by molar-refractivity contribution is 5.79. The van der Waals surface area contributed by atoms with Gasteiger partial charge in [-0.3, -0.25) is 4.98 Å². The van der Waals surface area contributed by atoms with E-state index in [0.717, 1.165) is 52.7 Å². The van der Waals surface area contributed by atoms with Crippen LogP contribution >= 0.6 is 0 Å². The third-order valence-corrected chi connectivity index (χ3v) is 5.17. The lowest BCUT2D eigenvalue weighted by Crippen LogP contribution is -2.28. The maximum atomic E-state index is 10.0. The zero-order chi connectivity index (χ0) is 18.2. The molecular weight excluding hydrogens is 340 g/mol. The van der Waals surface area contributed by atoms with Crippen LogP contribution in [0.3, 0.4) is 0 Å². The first-order valence-corrected chi connectivity index (χ1v) is 9.25. The number of aromatic nitrogens is 5. The van der Waals surface area contributed by atoms with E-state index in [0.29, 0.717) is 6.54 Å². The molecule has 5 rings (SSSR count). The van der Waals surface area contributed by atoms with Gasteiger partial charge in [0.15, 0.2) is 5.65 Å². The van der Waals surface area contributed by atoms with Gasteiger partial charge in [0, 0.05) is 11.6 Å². The fourth-order valence-corrected chi connectivity index (χ4v) is 3.74. The molecule has 0 unspecified atom stereocenters. The van der Waals surface area contributed by atoms with Gasteiger partial charge in [0.2, 0.25) is 0 Å². The van der Waals surface area contributed by atoms with Crippen molar-refractivity contribution in [2.45, 2.75) is 38.0 Å². The molecule has 1 fully saturated rings. The van der Waals surface area contributed by atoms with Gasteiger partial charge in [0.1, 0.15) is 11.3 Å². The Morgan fingerprint density at radius 1 is 1.11 bits per heavy atom. The minimum Gasteiger partial charge on any atom is -0.391 e. The number of pyridine rings is 2. The minimum absolute atomic E-state index is 0.0623. The van der Waals surface area contributed by atoms with Crippen LogP contribution in [0.4, 0.5) is 5.82 Å². The van der Waals surface area contributed by atoms with Gasteiger partial charge in [0.25, 0.3) is 0 Å². The highest BCUT2D eigenvalue weighted by Gasteiger charge is 2.25. The molecule has 27 heavy (non-hydrogen) atoms. The Morgan fingerprint density at radius 3 is 2.93 bits per heavy atom. The molecule has 2 atom stereocenters. The number of fused-ring (bicyclic) bond motifs is 2. The summed E-state index contributed by atoms with van der Waals surface area (Å²) < 4.78 is 1.81. The van der Waals surface area contributed by atoms with E-state index in [1.807, 2.05) is 28.9 Å². The molecule has 4 aromatic rings. The van der Waals surface area contributed by atoms with Crippen LogP contribution in [-0.2, 0) is 6.54 Å². The lowest BCUT2D eigenvalue weighted by atomic mass is 10.1. The molecule has 1 saturated carbocycles. The molecule has 0 radical (unpaired) electrons. The fraction of sp³-hybridized carbons (Fsp3) is 0.300. The van der Waals surface area contributed by atoms with Crippen molar-refractivity contribution >= 4 is 27.9 Å². The summed E-state index contributed by atoms with van der Waals surface area (Å²) in [5.41, 5.74) is 3.59. The van der Waals surface area contributed by atoms with Crippen molar-refractivity contribution in [3.8, 4) is 0 Å². The van der Waals surface area contributed by atoms with E-state index in [1.165, 1.54) is 0 Å². The van der Waals surface area contributed by atoms with Gasteiger partial charge >= 0.3 is 0 Å². The van der Waals surface area contributed by atoms with Crippen LogP contribution in [0.5, 0.6) is 0 Å². The molecule has 0 saturated heterocycles. The van der Waals surface area contributed by atoms with Crippen LogP contribution < -0.4 is 5.32 Å². The standard InChI is InChI=1S/C20H20N6O/c27-18-5-1-4-16(18)22-19-9-8-17-20(23-19)26(25-24-17)12-13-6-7-15-14(11-13)3-2-10-21-15/h2-3,6-11,16,18,27H,1,4-5,12H2,(H,22,23)/t16-,18+/m1/s1. The zero-order valence-corrected chi connectivity index (χ0v) is 14.8. The molecule has 0 bridgehead atoms. The average Bonchev–Trinajstić information content (AvgIpc) is 3.28.